The number of rotatable bonds is 3. The van der Waals surface area contributed by atoms with Gasteiger partial charge in [-0.25, -0.2) is 0 Å². The van der Waals surface area contributed by atoms with Crippen molar-refractivity contribution in [3.63, 3.8) is 0 Å². The summed E-state index contributed by atoms with van der Waals surface area (Å²) >= 11 is 0. The summed E-state index contributed by atoms with van der Waals surface area (Å²) in [6.45, 7) is 0.175. The molecule has 2 aromatic carbocycles. The van der Waals surface area contributed by atoms with E-state index in [0.717, 1.165) is 0 Å². The van der Waals surface area contributed by atoms with Crippen LogP contribution in [0.1, 0.15) is 15.9 Å². The molecule has 102 valence electrons. The lowest BCUT2D eigenvalue weighted by molar-refractivity contribution is 0.103. The summed E-state index contributed by atoms with van der Waals surface area (Å²) in [5, 5.41) is 0. The maximum atomic E-state index is 12.5. The monoisotopic (exact) mass is 271 g/mol. The number of carbonyl (C=O) groups excluding carboxylic acids is 1. The van der Waals surface area contributed by atoms with E-state index in [1.54, 1.807) is 43.5 Å². The molecule has 1 aliphatic rings. The van der Waals surface area contributed by atoms with Crippen LogP contribution >= 0.6 is 0 Å². The SMILES string of the molecule is COc1ccc(N)c(C(=O)c2ccc3c(c2)OCO3)c1. The molecule has 1 aliphatic heterocycles. The summed E-state index contributed by atoms with van der Waals surface area (Å²) in [6.07, 6.45) is 0. The van der Waals surface area contributed by atoms with Gasteiger partial charge in [0.05, 0.1) is 7.11 Å². The van der Waals surface area contributed by atoms with Gasteiger partial charge in [0, 0.05) is 16.8 Å². The fraction of sp³-hybridized carbons (Fsp3) is 0.133. The van der Waals surface area contributed by atoms with Crippen LogP contribution in [0.2, 0.25) is 0 Å². The van der Waals surface area contributed by atoms with Gasteiger partial charge in [-0.05, 0) is 36.4 Å². The number of nitrogens with two attached hydrogens (primary N) is 1. The van der Waals surface area contributed by atoms with Gasteiger partial charge in [0.2, 0.25) is 6.79 Å². The average Bonchev–Trinajstić information content (AvgIpc) is 2.94. The number of ether oxygens (including phenoxy) is 3. The van der Waals surface area contributed by atoms with Gasteiger partial charge in [-0.15, -0.1) is 0 Å². The lowest BCUT2D eigenvalue weighted by atomic mass is 10.0. The molecule has 0 saturated heterocycles. The average molecular weight is 271 g/mol. The Morgan fingerprint density at radius 3 is 2.75 bits per heavy atom. The normalized spacial score (nSPS) is 12.2. The summed E-state index contributed by atoms with van der Waals surface area (Å²) in [5.74, 6) is 1.61. The zero-order chi connectivity index (χ0) is 14.1. The number of carbonyl (C=O) groups is 1. The van der Waals surface area contributed by atoms with Crippen molar-refractivity contribution in [1.82, 2.24) is 0 Å². The largest absolute Gasteiger partial charge is 0.497 e. The van der Waals surface area contributed by atoms with Crippen molar-refractivity contribution in [2.75, 3.05) is 19.6 Å². The topological polar surface area (TPSA) is 70.8 Å². The van der Waals surface area contributed by atoms with Crippen molar-refractivity contribution < 1.29 is 19.0 Å². The number of anilines is 1. The van der Waals surface area contributed by atoms with E-state index in [-0.39, 0.29) is 12.6 Å². The first-order valence-electron chi connectivity index (χ1n) is 6.07. The van der Waals surface area contributed by atoms with Crippen LogP contribution in [0.3, 0.4) is 0 Å². The van der Waals surface area contributed by atoms with E-state index in [0.29, 0.717) is 34.1 Å². The minimum Gasteiger partial charge on any atom is -0.497 e. The number of methoxy groups -OCH3 is 1. The van der Waals surface area contributed by atoms with Gasteiger partial charge in [-0.2, -0.15) is 0 Å². The quantitative estimate of drug-likeness (QED) is 0.684. The first-order valence-corrected chi connectivity index (χ1v) is 6.07. The molecule has 0 aromatic heterocycles. The van der Waals surface area contributed by atoms with Crippen LogP contribution in [0.15, 0.2) is 36.4 Å². The van der Waals surface area contributed by atoms with Crippen LogP contribution in [-0.4, -0.2) is 19.7 Å². The highest BCUT2D eigenvalue weighted by Gasteiger charge is 2.18. The Balaban J connectivity index is 2.00. The lowest BCUT2D eigenvalue weighted by Gasteiger charge is -2.08. The third kappa shape index (κ3) is 2.03. The van der Waals surface area contributed by atoms with E-state index in [9.17, 15) is 4.79 Å². The van der Waals surface area contributed by atoms with Crippen LogP contribution in [0.4, 0.5) is 5.69 Å². The smallest absolute Gasteiger partial charge is 0.231 e. The molecule has 5 nitrogen and oxygen atoms in total. The molecule has 0 bridgehead atoms. The molecular formula is C15H13NO4. The van der Waals surface area contributed by atoms with Crippen molar-refractivity contribution in [1.29, 1.82) is 0 Å². The van der Waals surface area contributed by atoms with E-state index >= 15 is 0 Å². The molecule has 0 atom stereocenters. The molecule has 2 aromatic rings. The Kier molecular flexibility index (Phi) is 2.95. The fourth-order valence-corrected chi connectivity index (χ4v) is 2.05. The van der Waals surface area contributed by atoms with E-state index in [1.165, 1.54) is 0 Å². The Morgan fingerprint density at radius 2 is 1.95 bits per heavy atom. The molecule has 0 radical (unpaired) electrons. The second-order valence-corrected chi connectivity index (χ2v) is 4.35. The van der Waals surface area contributed by atoms with E-state index < -0.39 is 0 Å². The number of hydrogen-bond acceptors (Lipinski definition) is 5. The highest BCUT2D eigenvalue weighted by Crippen LogP contribution is 2.33. The molecule has 2 N–H and O–H groups in total. The molecule has 5 heteroatoms. The second-order valence-electron chi connectivity index (χ2n) is 4.35. The first-order chi connectivity index (χ1) is 9.69. The van der Waals surface area contributed by atoms with Gasteiger partial charge in [-0.1, -0.05) is 0 Å². The summed E-state index contributed by atoms with van der Waals surface area (Å²) < 4.78 is 15.6. The third-order valence-corrected chi connectivity index (χ3v) is 3.14. The number of hydrogen-bond donors (Lipinski definition) is 1. The molecule has 0 fully saturated rings. The maximum absolute atomic E-state index is 12.5. The van der Waals surface area contributed by atoms with Crippen molar-refractivity contribution in [2.24, 2.45) is 0 Å². The third-order valence-electron chi connectivity index (χ3n) is 3.14. The molecule has 1 heterocycles. The number of fused-ring (bicyclic) bond motifs is 1. The lowest BCUT2D eigenvalue weighted by Crippen LogP contribution is -2.05. The highest BCUT2D eigenvalue weighted by molar-refractivity contribution is 6.12. The van der Waals surface area contributed by atoms with Gasteiger partial charge >= 0.3 is 0 Å². The van der Waals surface area contributed by atoms with Gasteiger partial charge in [-0.3, -0.25) is 4.79 Å². The first kappa shape index (κ1) is 12.3. The van der Waals surface area contributed by atoms with Crippen LogP contribution in [0, 0.1) is 0 Å². The Morgan fingerprint density at radius 1 is 1.15 bits per heavy atom. The molecule has 0 spiro atoms. The Bertz CT molecular complexity index is 682. The van der Waals surface area contributed by atoms with Gasteiger partial charge in [0.1, 0.15) is 5.75 Å². The molecule has 3 rings (SSSR count). The fourth-order valence-electron chi connectivity index (χ4n) is 2.05. The molecule has 0 saturated carbocycles. The minimum atomic E-state index is -0.181. The van der Waals surface area contributed by atoms with Crippen molar-refractivity contribution in [2.45, 2.75) is 0 Å². The van der Waals surface area contributed by atoms with E-state index in [1.807, 2.05) is 0 Å². The summed E-state index contributed by atoms with van der Waals surface area (Å²) in [6, 6.07) is 10.1. The summed E-state index contributed by atoms with van der Waals surface area (Å²) in [5.41, 5.74) is 7.17. The van der Waals surface area contributed by atoms with Crippen LogP contribution < -0.4 is 19.9 Å². The van der Waals surface area contributed by atoms with Crippen molar-refractivity contribution in [3.05, 3.63) is 47.5 Å². The number of nitrogen functional groups attached to an aromatic ring is 1. The van der Waals surface area contributed by atoms with Crippen LogP contribution in [-0.2, 0) is 0 Å². The molecule has 0 amide bonds. The summed E-state index contributed by atoms with van der Waals surface area (Å²) in [7, 11) is 1.54. The van der Waals surface area contributed by atoms with E-state index in [2.05, 4.69) is 0 Å². The highest BCUT2D eigenvalue weighted by atomic mass is 16.7. The second kappa shape index (κ2) is 4.77. The van der Waals surface area contributed by atoms with Gasteiger partial charge in [0.15, 0.2) is 17.3 Å². The van der Waals surface area contributed by atoms with E-state index in [4.69, 9.17) is 19.9 Å². The van der Waals surface area contributed by atoms with Crippen LogP contribution in [0.25, 0.3) is 0 Å². The molecule has 20 heavy (non-hydrogen) atoms. The zero-order valence-electron chi connectivity index (χ0n) is 10.9. The predicted molar refractivity (Wildman–Crippen MR) is 73.4 cm³/mol. The van der Waals surface area contributed by atoms with Gasteiger partial charge in [0.25, 0.3) is 0 Å². The number of ketones is 1. The minimum absolute atomic E-state index is 0.175. The predicted octanol–water partition coefficient (Wildman–Crippen LogP) is 2.24. The van der Waals surface area contributed by atoms with Crippen molar-refractivity contribution >= 4 is 11.5 Å². The maximum Gasteiger partial charge on any atom is 0.231 e. The number of benzene rings is 2. The van der Waals surface area contributed by atoms with Gasteiger partial charge < -0.3 is 19.9 Å². The molecule has 0 aliphatic carbocycles. The Hall–Kier alpha value is -2.69. The van der Waals surface area contributed by atoms with Crippen LogP contribution in [0.5, 0.6) is 17.2 Å². The summed E-state index contributed by atoms with van der Waals surface area (Å²) in [4.78, 5) is 12.5. The molecular weight excluding hydrogens is 258 g/mol. The van der Waals surface area contributed by atoms with Crippen molar-refractivity contribution in [3.8, 4) is 17.2 Å². The molecule has 0 unspecified atom stereocenters. The Labute approximate surface area is 115 Å². The standard InChI is InChI=1S/C15H13NO4/c1-18-10-3-4-12(16)11(7-10)15(17)9-2-5-13-14(6-9)20-8-19-13/h2-7H,8,16H2,1H3. The zero-order valence-corrected chi connectivity index (χ0v) is 10.9.